The van der Waals surface area contributed by atoms with Crippen LogP contribution in [-0.2, 0) is 9.59 Å². The minimum atomic E-state index is -1.10. The highest BCUT2D eigenvalue weighted by atomic mass is 35.5. The van der Waals surface area contributed by atoms with Gasteiger partial charge in [-0.25, -0.2) is 4.98 Å². The van der Waals surface area contributed by atoms with Gasteiger partial charge in [-0.1, -0.05) is 41.4 Å². The molecular formula is C27H21Cl2N3O6. The number of aliphatic hydroxyl groups is 1. The number of nitrogens with one attached hydrogen (secondary N) is 1. The molecule has 194 valence electrons. The molecule has 1 aliphatic heterocycles. The third kappa shape index (κ3) is 4.09. The second-order valence-electron chi connectivity index (χ2n) is 8.33. The van der Waals surface area contributed by atoms with Crippen molar-refractivity contribution in [2.24, 2.45) is 0 Å². The molecule has 1 atom stereocenters. The van der Waals surface area contributed by atoms with E-state index in [1.165, 1.54) is 38.4 Å². The fourth-order valence-electron chi connectivity index (χ4n) is 4.53. The number of ketones is 1. The van der Waals surface area contributed by atoms with Crippen molar-refractivity contribution in [1.29, 1.82) is 0 Å². The number of aromatic nitrogens is 2. The summed E-state index contributed by atoms with van der Waals surface area (Å²) in [6.45, 7) is 0. The molecule has 1 fully saturated rings. The minimum Gasteiger partial charge on any atom is -0.507 e. The molecule has 0 bridgehead atoms. The number of imidazole rings is 1. The van der Waals surface area contributed by atoms with Crippen LogP contribution >= 0.6 is 23.2 Å². The maximum atomic E-state index is 13.5. The normalized spacial score (nSPS) is 16.8. The number of para-hydroxylation sites is 2. The molecule has 38 heavy (non-hydrogen) atoms. The number of amides is 1. The number of methoxy groups -OCH3 is 3. The zero-order valence-corrected chi connectivity index (χ0v) is 21.9. The van der Waals surface area contributed by atoms with E-state index in [0.29, 0.717) is 28.1 Å². The smallest absolute Gasteiger partial charge is 0.302 e. The summed E-state index contributed by atoms with van der Waals surface area (Å²) in [4.78, 5) is 35.9. The van der Waals surface area contributed by atoms with E-state index in [1.54, 1.807) is 30.3 Å². The van der Waals surface area contributed by atoms with Gasteiger partial charge in [0.25, 0.3) is 5.78 Å². The molecule has 1 aromatic heterocycles. The van der Waals surface area contributed by atoms with Crippen LogP contribution in [-0.4, -0.2) is 48.1 Å². The zero-order chi connectivity index (χ0) is 27.1. The van der Waals surface area contributed by atoms with Crippen molar-refractivity contribution >= 4 is 57.6 Å². The number of ether oxygens (including phenoxy) is 3. The monoisotopic (exact) mass is 553 g/mol. The number of anilines is 1. The number of hydrogen-bond acceptors (Lipinski definition) is 7. The van der Waals surface area contributed by atoms with Crippen molar-refractivity contribution in [1.82, 2.24) is 9.97 Å². The Morgan fingerprint density at radius 1 is 0.974 bits per heavy atom. The van der Waals surface area contributed by atoms with Gasteiger partial charge in [0.2, 0.25) is 5.95 Å². The van der Waals surface area contributed by atoms with Gasteiger partial charge < -0.3 is 24.3 Å². The number of carbonyl (C=O) groups excluding carboxylic acids is 2. The summed E-state index contributed by atoms with van der Waals surface area (Å²) in [5.74, 6) is -1.30. The summed E-state index contributed by atoms with van der Waals surface area (Å²) in [6, 6.07) is 13.9. The number of benzene rings is 3. The average molecular weight is 554 g/mol. The molecule has 0 aliphatic carbocycles. The number of aliphatic hydroxyl groups excluding tert-OH is 1. The first-order valence-corrected chi connectivity index (χ1v) is 12.1. The molecule has 1 saturated heterocycles. The van der Waals surface area contributed by atoms with Gasteiger partial charge in [-0.3, -0.25) is 14.5 Å². The molecule has 2 N–H and O–H groups in total. The van der Waals surface area contributed by atoms with Crippen LogP contribution in [0.15, 0.2) is 60.2 Å². The van der Waals surface area contributed by atoms with Crippen molar-refractivity contribution in [3.05, 3.63) is 81.3 Å². The van der Waals surface area contributed by atoms with Crippen molar-refractivity contribution < 1.29 is 28.9 Å². The van der Waals surface area contributed by atoms with E-state index in [0.717, 1.165) is 0 Å². The Kier molecular flexibility index (Phi) is 6.64. The summed E-state index contributed by atoms with van der Waals surface area (Å²) in [6.07, 6.45) is 0. The number of halogens is 2. The molecule has 1 amide bonds. The third-order valence-electron chi connectivity index (χ3n) is 6.24. The summed E-state index contributed by atoms with van der Waals surface area (Å²) in [5, 5.41) is 11.9. The predicted octanol–water partition coefficient (Wildman–Crippen LogP) is 5.52. The molecule has 1 aliphatic rings. The molecule has 0 saturated carbocycles. The summed E-state index contributed by atoms with van der Waals surface area (Å²) in [7, 11) is 4.33. The zero-order valence-electron chi connectivity index (χ0n) is 20.4. The molecule has 1 unspecified atom stereocenters. The van der Waals surface area contributed by atoms with Gasteiger partial charge in [0.1, 0.15) is 11.5 Å². The Morgan fingerprint density at radius 3 is 2.39 bits per heavy atom. The molecule has 0 spiro atoms. The first-order valence-electron chi connectivity index (χ1n) is 11.3. The standard InChI is InChI=1S/C27H21Cl2N3O6/c1-36-19-9-8-13(10-20(19)37-2)22-21(23(33)15-11-14(28)12-16(29)25(15)38-3)24(34)26(35)32(22)27-30-17-6-4-5-7-18(17)31-27/h4-12,22,33H,1-3H3,(H,30,31)/b23-21+. The van der Waals surface area contributed by atoms with Gasteiger partial charge in [-0.15, -0.1) is 0 Å². The topological polar surface area (TPSA) is 114 Å². The Balaban J connectivity index is 1.80. The van der Waals surface area contributed by atoms with Crippen molar-refractivity contribution in [3.63, 3.8) is 0 Å². The lowest BCUT2D eigenvalue weighted by Gasteiger charge is -2.24. The van der Waals surface area contributed by atoms with Crippen molar-refractivity contribution in [3.8, 4) is 17.2 Å². The van der Waals surface area contributed by atoms with E-state index >= 15 is 0 Å². The van der Waals surface area contributed by atoms with Crippen LogP contribution < -0.4 is 19.1 Å². The third-order valence-corrected chi connectivity index (χ3v) is 6.74. The lowest BCUT2D eigenvalue weighted by atomic mass is 9.94. The first-order chi connectivity index (χ1) is 18.3. The Morgan fingerprint density at radius 2 is 1.71 bits per heavy atom. The van der Waals surface area contributed by atoms with E-state index in [2.05, 4.69) is 9.97 Å². The van der Waals surface area contributed by atoms with E-state index in [-0.39, 0.29) is 32.9 Å². The second-order valence-corrected chi connectivity index (χ2v) is 9.17. The summed E-state index contributed by atoms with van der Waals surface area (Å²) < 4.78 is 16.2. The number of hydrogen-bond donors (Lipinski definition) is 2. The lowest BCUT2D eigenvalue weighted by molar-refractivity contribution is -0.132. The van der Waals surface area contributed by atoms with Gasteiger partial charge in [-0.05, 0) is 42.0 Å². The number of rotatable bonds is 6. The maximum absolute atomic E-state index is 13.5. The molecular weight excluding hydrogens is 533 g/mol. The Hall–Kier alpha value is -4.21. The van der Waals surface area contributed by atoms with Crippen LogP contribution in [0.25, 0.3) is 16.8 Å². The van der Waals surface area contributed by atoms with Crippen molar-refractivity contribution in [2.45, 2.75) is 6.04 Å². The number of aromatic amines is 1. The van der Waals surface area contributed by atoms with Crippen LogP contribution in [0.2, 0.25) is 10.0 Å². The van der Waals surface area contributed by atoms with Gasteiger partial charge in [0.15, 0.2) is 11.5 Å². The van der Waals surface area contributed by atoms with Crippen LogP contribution in [0.4, 0.5) is 5.95 Å². The molecule has 4 aromatic rings. The molecule has 11 heteroatoms. The minimum absolute atomic E-state index is 0.0538. The van der Waals surface area contributed by atoms with Crippen LogP contribution in [0.5, 0.6) is 17.2 Å². The number of nitrogens with zero attached hydrogens (tertiary/aromatic N) is 2. The summed E-state index contributed by atoms with van der Waals surface area (Å²) >= 11 is 12.5. The fourth-order valence-corrected chi connectivity index (χ4v) is 5.10. The second kappa shape index (κ2) is 9.92. The van der Waals surface area contributed by atoms with Gasteiger partial charge in [0.05, 0.1) is 54.6 Å². The highest BCUT2D eigenvalue weighted by Crippen LogP contribution is 2.46. The van der Waals surface area contributed by atoms with Crippen LogP contribution in [0.3, 0.4) is 0 Å². The highest BCUT2D eigenvalue weighted by molar-refractivity contribution is 6.51. The Labute approximate surface area is 227 Å². The molecule has 0 radical (unpaired) electrons. The van der Waals surface area contributed by atoms with E-state index in [4.69, 9.17) is 37.4 Å². The van der Waals surface area contributed by atoms with Crippen LogP contribution in [0.1, 0.15) is 17.2 Å². The predicted molar refractivity (Wildman–Crippen MR) is 143 cm³/mol. The molecule has 3 aromatic carbocycles. The fraction of sp³-hybridized carbons (Fsp3) is 0.148. The molecule has 5 rings (SSSR count). The molecule has 2 heterocycles. The summed E-state index contributed by atoms with van der Waals surface area (Å²) in [5.41, 5.74) is 1.56. The first kappa shape index (κ1) is 25.4. The van der Waals surface area contributed by atoms with E-state index in [9.17, 15) is 14.7 Å². The van der Waals surface area contributed by atoms with Gasteiger partial charge in [-0.2, -0.15) is 0 Å². The molecule has 9 nitrogen and oxygen atoms in total. The van der Waals surface area contributed by atoms with E-state index in [1.807, 2.05) is 12.1 Å². The maximum Gasteiger partial charge on any atom is 0.302 e. The van der Waals surface area contributed by atoms with Crippen LogP contribution in [0, 0.1) is 0 Å². The number of fused-ring (bicyclic) bond motifs is 1. The number of Topliss-reactive ketones (excluding diaryl/α,β-unsaturated/α-hetero) is 1. The van der Waals surface area contributed by atoms with Gasteiger partial charge >= 0.3 is 5.91 Å². The largest absolute Gasteiger partial charge is 0.507 e. The SMILES string of the molecule is COc1ccc(C2/C(=C(\O)c3cc(Cl)cc(Cl)c3OC)C(=O)C(=O)N2c2nc3ccccc3[nH]2)cc1OC. The lowest BCUT2D eigenvalue weighted by Crippen LogP contribution is -2.30. The quantitative estimate of drug-likeness (QED) is 0.183. The average Bonchev–Trinajstić information content (AvgIpc) is 3.45. The number of H-pyrrole nitrogens is 1. The number of carbonyl (C=O) groups is 2. The Bertz CT molecular complexity index is 1600. The van der Waals surface area contributed by atoms with Crippen molar-refractivity contribution in [2.75, 3.05) is 26.2 Å². The highest BCUT2D eigenvalue weighted by Gasteiger charge is 2.48. The van der Waals surface area contributed by atoms with E-state index < -0.39 is 23.5 Å². The van der Waals surface area contributed by atoms with Gasteiger partial charge in [0, 0.05) is 5.02 Å².